The van der Waals surface area contributed by atoms with Crippen molar-refractivity contribution in [1.82, 2.24) is 10.6 Å². The van der Waals surface area contributed by atoms with Crippen LogP contribution in [-0.4, -0.2) is 41.9 Å². The van der Waals surface area contributed by atoms with Crippen molar-refractivity contribution in [3.8, 4) is 0 Å². The average Bonchev–Trinajstić information content (AvgIpc) is 2.51. The highest BCUT2D eigenvalue weighted by Crippen LogP contribution is 2.17. The summed E-state index contributed by atoms with van der Waals surface area (Å²) in [5, 5.41) is 16.7. The molecule has 1 aromatic rings. The van der Waals surface area contributed by atoms with E-state index in [2.05, 4.69) is 16.0 Å². The number of nitrogens with one attached hydrogen (secondary N) is 3. The third-order valence-corrected chi connectivity index (χ3v) is 3.08. The van der Waals surface area contributed by atoms with Crippen molar-refractivity contribution in [1.29, 1.82) is 0 Å². The number of aromatic carboxylic acids is 1. The minimum atomic E-state index is -1.13. The largest absolute Gasteiger partial charge is 0.478 e. The van der Waals surface area contributed by atoms with Gasteiger partial charge in [-0.2, -0.15) is 0 Å². The van der Waals surface area contributed by atoms with Crippen molar-refractivity contribution in [2.24, 2.45) is 0 Å². The second kappa shape index (κ2) is 9.29. The quantitative estimate of drug-likeness (QED) is 0.520. The summed E-state index contributed by atoms with van der Waals surface area (Å²) in [5.41, 5.74) is 0.969. The smallest absolute Gasteiger partial charge is 0.337 e. The van der Waals surface area contributed by atoms with Crippen LogP contribution in [0.1, 0.15) is 35.7 Å². The number of hydrogen-bond donors (Lipinski definition) is 4. The van der Waals surface area contributed by atoms with E-state index in [1.54, 1.807) is 13.0 Å². The summed E-state index contributed by atoms with van der Waals surface area (Å²) in [6.45, 7) is 3.73. The molecule has 0 aliphatic carbocycles. The van der Waals surface area contributed by atoms with Crippen molar-refractivity contribution in [2.45, 2.75) is 26.7 Å². The monoisotopic (exact) mass is 335 g/mol. The lowest BCUT2D eigenvalue weighted by molar-refractivity contribution is -0.124. The van der Waals surface area contributed by atoms with Crippen LogP contribution in [0.3, 0.4) is 0 Å². The number of carbonyl (C=O) groups is 4. The van der Waals surface area contributed by atoms with Crippen LogP contribution >= 0.6 is 0 Å². The number of rotatable bonds is 8. The number of carboxylic acid groups (broad SMARTS) is 1. The van der Waals surface area contributed by atoms with E-state index < -0.39 is 11.9 Å². The van der Waals surface area contributed by atoms with Crippen LogP contribution in [-0.2, 0) is 14.4 Å². The zero-order chi connectivity index (χ0) is 18.1. The summed E-state index contributed by atoms with van der Waals surface area (Å²) in [6, 6.07) is 4.67. The standard InChI is InChI=1S/C16H21N3O5/c1-10-3-4-13(12(9-10)16(23)24)19-15(22)6-5-14(21)18-8-7-17-11(2)20/h3-4,9H,5-8H2,1-2H3,(H,17,20)(H,18,21)(H,19,22)(H,23,24). The van der Waals surface area contributed by atoms with Gasteiger partial charge in [0, 0.05) is 32.9 Å². The predicted octanol–water partition coefficient (Wildman–Crippen LogP) is 0.664. The van der Waals surface area contributed by atoms with Crippen molar-refractivity contribution in [3.63, 3.8) is 0 Å². The number of aryl methyl sites for hydroxylation is 1. The molecule has 8 nitrogen and oxygen atoms in total. The third-order valence-electron chi connectivity index (χ3n) is 3.08. The normalized spacial score (nSPS) is 9.92. The molecular formula is C16H21N3O5. The number of anilines is 1. The molecule has 8 heteroatoms. The van der Waals surface area contributed by atoms with Gasteiger partial charge in [0.1, 0.15) is 0 Å². The summed E-state index contributed by atoms with van der Waals surface area (Å²) in [7, 11) is 0. The van der Waals surface area contributed by atoms with Gasteiger partial charge in [0.2, 0.25) is 17.7 Å². The van der Waals surface area contributed by atoms with Gasteiger partial charge in [0.15, 0.2) is 0 Å². The minimum Gasteiger partial charge on any atom is -0.478 e. The van der Waals surface area contributed by atoms with Gasteiger partial charge in [0.25, 0.3) is 0 Å². The molecule has 0 aliphatic heterocycles. The molecule has 0 fully saturated rings. The zero-order valence-corrected chi connectivity index (χ0v) is 13.6. The number of amides is 3. The van der Waals surface area contributed by atoms with Gasteiger partial charge in [-0.15, -0.1) is 0 Å². The Morgan fingerprint density at radius 2 is 1.62 bits per heavy atom. The molecule has 0 unspecified atom stereocenters. The van der Waals surface area contributed by atoms with Crippen LogP contribution in [0.2, 0.25) is 0 Å². The predicted molar refractivity (Wildman–Crippen MR) is 87.7 cm³/mol. The summed E-state index contributed by atoms with van der Waals surface area (Å²) >= 11 is 0. The second-order valence-corrected chi connectivity index (χ2v) is 5.24. The van der Waals surface area contributed by atoms with Crippen LogP contribution in [0.25, 0.3) is 0 Å². The lowest BCUT2D eigenvalue weighted by Crippen LogP contribution is -2.33. The molecule has 0 bridgehead atoms. The third kappa shape index (κ3) is 6.91. The lowest BCUT2D eigenvalue weighted by Gasteiger charge is -2.09. The van der Waals surface area contributed by atoms with Crippen LogP contribution in [0.4, 0.5) is 5.69 Å². The summed E-state index contributed by atoms with van der Waals surface area (Å²) < 4.78 is 0. The van der Waals surface area contributed by atoms with Gasteiger partial charge in [0.05, 0.1) is 11.3 Å². The van der Waals surface area contributed by atoms with Crippen LogP contribution in [0.5, 0.6) is 0 Å². The molecule has 0 atom stereocenters. The highest BCUT2D eigenvalue weighted by molar-refractivity contribution is 6.01. The number of benzene rings is 1. The Kier molecular flexibility index (Phi) is 7.41. The molecule has 3 amide bonds. The van der Waals surface area contributed by atoms with Crippen LogP contribution in [0, 0.1) is 6.92 Å². The zero-order valence-electron chi connectivity index (χ0n) is 13.6. The molecule has 0 aromatic heterocycles. The van der Waals surface area contributed by atoms with Crippen LogP contribution in [0.15, 0.2) is 18.2 Å². The van der Waals surface area contributed by atoms with E-state index in [0.717, 1.165) is 5.56 Å². The fourth-order valence-electron chi connectivity index (χ4n) is 1.91. The van der Waals surface area contributed by atoms with Gasteiger partial charge in [-0.3, -0.25) is 14.4 Å². The molecule has 0 saturated heterocycles. The van der Waals surface area contributed by atoms with Crippen molar-refractivity contribution >= 4 is 29.4 Å². The number of hydrogen-bond acceptors (Lipinski definition) is 4. The van der Waals surface area contributed by atoms with Crippen LogP contribution < -0.4 is 16.0 Å². The lowest BCUT2D eigenvalue weighted by atomic mass is 10.1. The van der Waals surface area contributed by atoms with E-state index in [1.807, 2.05) is 0 Å². The SMILES string of the molecule is CC(=O)NCCNC(=O)CCC(=O)Nc1ccc(C)cc1C(=O)O. The molecule has 0 radical (unpaired) electrons. The molecule has 4 N–H and O–H groups in total. The Bertz CT molecular complexity index is 643. The highest BCUT2D eigenvalue weighted by atomic mass is 16.4. The fraction of sp³-hybridized carbons (Fsp3) is 0.375. The number of carboxylic acids is 1. The Hall–Kier alpha value is -2.90. The first-order valence-corrected chi connectivity index (χ1v) is 7.44. The average molecular weight is 335 g/mol. The Morgan fingerprint density at radius 1 is 1.00 bits per heavy atom. The maximum atomic E-state index is 11.9. The second-order valence-electron chi connectivity index (χ2n) is 5.24. The van der Waals surface area contributed by atoms with Gasteiger partial charge in [-0.25, -0.2) is 4.79 Å². The summed E-state index contributed by atoms with van der Waals surface area (Å²) in [4.78, 5) is 45.2. The van der Waals surface area contributed by atoms with Crippen molar-refractivity contribution in [2.75, 3.05) is 18.4 Å². The molecule has 1 rings (SSSR count). The molecule has 1 aromatic carbocycles. The van der Waals surface area contributed by atoms with E-state index in [4.69, 9.17) is 5.11 Å². The molecular weight excluding hydrogens is 314 g/mol. The summed E-state index contributed by atoms with van der Waals surface area (Å²) in [6.07, 6.45) is -0.0981. The Labute approximate surface area is 139 Å². The van der Waals surface area contributed by atoms with Gasteiger partial charge >= 0.3 is 5.97 Å². The molecule has 0 spiro atoms. The Morgan fingerprint density at radius 3 is 2.25 bits per heavy atom. The highest BCUT2D eigenvalue weighted by Gasteiger charge is 2.13. The van der Waals surface area contributed by atoms with E-state index in [-0.39, 0.29) is 42.5 Å². The first-order valence-electron chi connectivity index (χ1n) is 7.44. The van der Waals surface area contributed by atoms with Gasteiger partial charge in [-0.1, -0.05) is 11.6 Å². The van der Waals surface area contributed by atoms with Crippen molar-refractivity contribution < 1.29 is 24.3 Å². The molecule has 130 valence electrons. The van der Waals surface area contributed by atoms with Gasteiger partial charge < -0.3 is 21.1 Å². The molecule has 24 heavy (non-hydrogen) atoms. The maximum absolute atomic E-state index is 11.9. The maximum Gasteiger partial charge on any atom is 0.337 e. The molecule has 0 aliphatic rings. The first-order chi connectivity index (χ1) is 11.3. The van der Waals surface area contributed by atoms with E-state index in [0.29, 0.717) is 6.54 Å². The molecule has 0 heterocycles. The van der Waals surface area contributed by atoms with E-state index in [9.17, 15) is 19.2 Å². The Balaban J connectivity index is 2.43. The number of carbonyl (C=O) groups excluding carboxylic acids is 3. The summed E-state index contributed by atoms with van der Waals surface area (Å²) in [5.74, 6) is -2.09. The van der Waals surface area contributed by atoms with Gasteiger partial charge in [-0.05, 0) is 19.1 Å². The van der Waals surface area contributed by atoms with Crippen molar-refractivity contribution in [3.05, 3.63) is 29.3 Å². The minimum absolute atomic E-state index is 0.00288. The van der Waals surface area contributed by atoms with E-state index >= 15 is 0 Å². The molecule has 0 saturated carbocycles. The topological polar surface area (TPSA) is 125 Å². The van der Waals surface area contributed by atoms with E-state index in [1.165, 1.54) is 19.1 Å². The first kappa shape index (κ1) is 19.1. The fourth-order valence-corrected chi connectivity index (χ4v) is 1.91.